The minimum Gasteiger partial charge on any atom is -0.390 e. The fraction of sp³-hybridized carbons (Fsp3) is 0.818. The monoisotopic (exact) mass is 1280 g/mol. The van der Waals surface area contributed by atoms with Crippen molar-refractivity contribution in [2.75, 3.05) is 55.9 Å². The van der Waals surface area contributed by atoms with E-state index in [1.165, 1.54) is 87.7 Å². The van der Waals surface area contributed by atoms with Gasteiger partial charge in [-0.15, -0.1) is 0 Å². The Bertz CT molecular complexity index is 2580. The average Bonchev–Trinajstić information content (AvgIpc) is 1.70. The lowest BCUT2D eigenvalue weighted by atomic mass is 9.91. The summed E-state index contributed by atoms with van der Waals surface area (Å²) >= 11 is 0. The number of hydrogen-bond donors (Lipinski definition) is 6. The lowest BCUT2D eigenvalue weighted by molar-refractivity contribution is -0.157. The predicted octanol–water partition coefficient (Wildman–Crippen LogP) is 3.01. The van der Waals surface area contributed by atoms with Crippen molar-refractivity contribution >= 4 is 70.8 Å². The maximum absolute atomic E-state index is 15.4. The smallest absolute Gasteiger partial charge is 0.246 e. The SMILES string of the molecule is CC[C@@H]1NC(=O)[C@H]([C@H](O)[C@H](C)CC2=N[C@H]3CCCC[C@@H]3N2)N(C)C(=O)[C@H](C(C)C)N(C)C(=O)[C@H](CC(C)C)N(C)C(=O)[C@H](CC(C)C)N(C)C(=O)[C@@H](C)NC(=O)[C@H](C)NC(=O)[C@H](CC(C)C)N(C)C(=O)[C@H](C(C)C)NC(=O)[C@H](CC(C)C)N(C)C(=O)CN(C)C1=O. The van der Waals surface area contributed by atoms with Gasteiger partial charge in [0.25, 0.3) is 0 Å². The highest BCUT2D eigenvalue weighted by Gasteiger charge is 2.46. The number of likely N-dealkylation sites (N-methyl/N-ethyl adjacent to an activating group) is 7. The van der Waals surface area contributed by atoms with E-state index in [0.717, 1.165) is 35.5 Å². The predicted molar refractivity (Wildman–Crippen MR) is 350 cm³/mol. The molecule has 6 N–H and O–H groups in total. The van der Waals surface area contributed by atoms with Crippen molar-refractivity contribution in [1.82, 2.24) is 60.9 Å². The average molecular weight is 1280 g/mol. The Kier molecular flexibility index (Phi) is 30.4. The number of rotatable bonds is 15. The van der Waals surface area contributed by atoms with E-state index in [0.29, 0.717) is 5.84 Å². The van der Waals surface area contributed by atoms with Gasteiger partial charge in [0.05, 0.1) is 24.5 Å². The van der Waals surface area contributed by atoms with Gasteiger partial charge >= 0.3 is 0 Å². The second-order valence-electron chi connectivity index (χ2n) is 28.7. The Hall–Kier alpha value is -6.40. The number of aliphatic hydroxyl groups is 1. The number of carbonyl (C=O) groups excluding carboxylic acids is 11. The minimum atomic E-state index is -1.65. The first kappa shape index (κ1) is 78.8. The summed E-state index contributed by atoms with van der Waals surface area (Å²) in [4.78, 5) is 175. The van der Waals surface area contributed by atoms with E-state index in [4.69, 9.17) is 4.99 Å². The Morgan fingerprint density at radius 3 is 1.41 bits per heavy atom. The molecule has 1 saturated carbocycles. The molecule has 25 heteroatoms. The van der Waals surface area contributed by atoms with Crippen LogP contribution in [-0.4, -0.2) is 245 Å². The molecule has 518 valence electrons. The van der Waals surface area contributed by atoms with Gasteiger partial charge in [-0.05, 0) is 100 Å². The van der Waals surface area contributed by atoms with Crippen LogP contribution in [-0.2, 0) is 52.7 Å². The molecule has 2 aliphatic heterocycles. The van der Waals surface area contributed by atoms with Crippen LogP contribution in [0, 0.1) is 41.4 Å². The van der Waals surface area contributed by atoms with Crippen LogP contribution < -0.4 is 26.6 Å². The van der Waals surface area contributed by atoms with Crippen LogP contribution in [0.5, 0.6) is 0 Å². The van der Waals surface area contributed by atoms with E-state index in [-0.39, 0.29) is 74.3 Å². The highest BCUT2D eigenvalue weighted by Crippen LogP contribution is 2.29. The van der Waals surface area contributed by atoms with E-state index in [9.17, 15) is 38.7 Å². The molecule has 11 amide bonds. The number of nitrogens with one attached hydrogen (secondary N) is 5. The lowest BCUT2D eigenvalue weighted by Crippen LogP contribution is -2.63. The molecule has 1 saturated heterocycles. The van der Waals surface area contributed by atoms with Crippen LogP contribution in [0.2, 0.25) is 0 Å². The number of amides is 11. The lowest BCUT2D eigenvalue weighted by Gasteiger charge is -2.41. The van der Waals surface area contributed by atoms with Crippen molar-refractivity contribution in [3.8, 4) is 0 Å². The molecular weight excluding hydrogens is 1170 g/mol. The molecule has 2 fully saturated rings. The quantitative estimate of drug-likeness (QED) is 0.138. The highest BCUT2D eigenvalue weighted by atomic mass is 16.3. The molecule has 0 radical (unpaired) electrons. The van der Waals surface area contributed by atoms with Crippen molar-refractivity contribution < 1.29 is 57.8 Å². The summed E-state index contributed by atoms with van der Waals surface area (Å²) in [6.07, 6.45) is 3.23. The van der Waals surface area contributed by atoms with E-state index in [1.54, 1.807) is 41.5 Å². The van der Waals surface area contributed by atoms with Gasteiger partial charge in [0.15, 0.2) is 0 Å². The fourth-order valence-corrected chi connectivity index (χ4v) is 12.6. The summed E-state index contributed by atoms with van der Waals surface area (Å²) in [7, 11) is 9.98. The first-order valence-electron chi connectivity index (χ1n) is 33.3. The molecule has 91 heavy (non-hydrogen) atoms. The summed E-state index contributed by atoms with van der Waals surface area (Å²) in [6, 6.07) is -12.2. The Balaban J connectivity index is 2.30. The number of carbonyl (C=O) groups is 11. The zero-order valence-electron chi connectivity index (χ0n) is 59.3. The third-order valence-corrected chi connectivity index (χ3v) is 18.3. The topological polar surface area (TPSA) is 303 Å². The molecule has 0 aromatic rings. The molecule has 14 atom stereocenters. The van der Waals surface area contributed by atoms with Crippen molar-refractivity contribution in [1.29, 1.82) is 0 Å². The number of aliphatic hydroxyl groups excluding tert-OH is 1. The zero-order valence-corrected chi connectivity index (χ0v) is 59.3. The molecule has 0 bridgehead atoms. The Morgan fingerprint density at radius 1 is 0.462 bits per heavy atom. The van der Waals surface area contributed by atoms with Crippen LogP contribution in [0.4, 0.5) is 0 Å². The minimum absolute atomic E-state index is 0.0139. The zero-order chi connectivity index (χ0) is 69.5. The fourth-order valence-electron chi connectivity index (χ4n) is 12.6. The van der Waals surface area contributed by atoms with Crippen LogP contribution in [0.3, 0.4) is 0 Å². The van der Waals surface area contributed by atoms with Crippen molar-refractivity contribution in [2.45, 2.75) is 254 Å². The van der Waals surface area contributed by atoms with Gasteiger partial charge in [-0.2, -0.15) is 0 Å². The van der Waals surface area contributed by atoms with Crippen molar-refractivity contribution in [3.05, 3.63) is 0 Å². The van der Waals surface area contributed by atoms with Gasteiger partial charge in [-0.25, -0.2) is 0 Å². The Morgan fingerprint density at radius 2 is 0.912 bits per heavy atom. The van der Waals surface area contributed by atoms with Gasteiger partial charge in [-0.1, -0.05) is 110 Å². The first-order chi connectivity index (χ1) is 42.2. The summed E-state index contributed by atoms with van der Waals surface area (Å²) in [5.41, 5.74) is 0. The molecule has 0 aromatic heterocycles. The van der Waals surface area contributed by atoms with Crippen molar-refractivity contribution in [2.24, 2.45) is 46.4 Å². The van der Waals surface area contributed by atoms with Crippen LogP contribution in [0.15, 0.2) is 4.99 Å². The van der Waals surface area contributed by atoms with Gasteiger partial charge in [-0.3, -0.25) is 57.7 Å². The summed E-state index contributed by atoms with van der Waals surface area (Å²) in [6.45, 7) is 27.6. The summed E-state index contributed by atoms with van der Waals surface area (Å²) in [5, 5.41) is 27.1. The molecule has 0 spiro atoms. The second-order valence-corrected chi connectivity index (χ2v) is 28.7. The van der Waals surface area contributed by atoms with Gasteiger partial charge in [0.2, 0.25) is 65.0 Å². The normalized spacial score (nSPS) is 28.9. The summed E-state index contributed by atoms with van der Waals surface area (Å²) in [5.74, 6) is -9.18. The molecule has 0 unspecified atom stereocenters. The number of hydrogen-bond acceptors (Lipinski definition) is 14. The summed E-state index contributed by atoms with van der Waals surface area (Å²) < 4.78 is 0. The van der Waals surface area contributed by atoms with E-state index in [2.05, 4.69) is 26.6 Å². The van der Waals surface area contributed by atoms with E-state index in [1.807, 2.05) is 55.4 Å². The number of amidine groups is 1. The van der Waals surface area contributed by atoms with Gasteiger partial charge in [0.1, 0.15) is 60.4 Å². The maximum Gasteiger partial charge on any atom is 0.246 e. The largest absolute Gasteiger partial charge is 0.390 e. The first-order valence-corrected chi connectivity index (χ1v) is 33.3. The number of nitrogens with zero attached hydrogens (tertiary/aromatic N) is 8. The molecule has 3 rings (SSSR count). The third-order valence-electron chi connectivity index (χ3n) is 18.3. The maximum atomic E-state index is 15.4. The molecule has 2 heterocycles. The number of fused-ring (bicyclic) bond motifs is 1. The van der Waals surface area contributed by atoms with Gasteiger partial charge < -0.3 is 66.0 Å². The second kappa shape index (κ2) is 35.0. The van der Waals surface area contributed by atoms with Crippen molar-refractivity contribution in [3.63, 3.8) is 0 Å². The Labute approximate surface area is 543 Å². The standard InChI is InChI=1S/C66H117N13O12/c1-24-44-62(87)73(17)34-52(80)74(18)47(29-35(2)3)59(84)72-53(39(10)11)65(90)75(19)48(30-36(4)5)58(83)67-42(15)57(82)68-43(16)61(86)76(20)49(31-37(6)7)63(88)77(21)50(32-38(8)9)64(89)78(22)54(40(12)13)66(91)79(23)55(60(85)71-44)56(81)41(14)33-51-69-45-27-25-26-28-46(45)70-51/h35-50,53-56,81H,24-34H2,1-23H3,(H,67,83)(H,68,82)(H,69,70)(H,71,85)(H,72,84)/t41-,42+,43-,44+,45+,46+,47+,48+,49+,50+,53+,54+,55+,56-/m1/s1. The molecule has 0 aromatic carbocycles. The number of aliphatic imine (C=N–C) groups is 1. The van der Waals surface area contributed by atoms with E-state index >= 15 is 19.2 Å². The van der Waals surface area contributed by atoms with Crippen LogP contribution in [0.1, 0.15) is 175 Å². The third kappa shape index (κ3) is 21.1. The van der Waals surface area contributed by atoms with E-state index < -0.39 is 156 Å². The molecule has 1 aliphatic carbocycles. The van der Waals surface area contributed by atoms with Crippen LogP contribution >= 0.6 is 0 Å². The van der Waals surface area contributed by atoms with Crippen LogP contribution in [0.25, 0.3) is 0 Å². The molecular formula is C66H117N13O12. The molecule has 3 aliphatic rings. The van der Waals surface area contributed by atoms with Gasteiger partial charge in [0, 0.05) is 61.8 Å². The molecule has 25 nitrogen and oxygen atoms in total. The highest BCUT2D eigenvalue weighted by molar-refractivity contribution is 5.99.